The van der Waals surface area contributed by atoms with E-state index in [1.165, 1.54) is 46.4 Å². The van der Waals surface area contributed by atoms with E-state index in [4.69, 9.17) is 4.74 Å². The first-order valence-electron chi connectivity index (χ1n) is 8.68. The largest absolute Gasteiger partial charge is 0.469 e. The lowest BCUT2D eigenvalue weighted by Crippen LogP contribution is -2.64. The van der Waals surface area contributed by atoms with Gasteiger partial charge in [0, 0.05) is 57.3 Å². The lowest BCUT2D eigenvalue weighted by Gasteiger charge is -2.50. The van der Waals surface area contributed by atoms with Crippen LogP contribution in [-0.2, 0) is 9.53 Å². The minimum atomic E-state index is -0.0853. The van der Waals surface area contributed by atoms with E-state index in [0.717, 1.165) is 19.4 Å². The van der Waals surface area contributed by atoms with Gasteiger partial charge in [-0.15, -0.1) is 0 Å². The first-order valence-corrected chi connectivity index (χ1v) is 8.68. The minimum Gasteiger partial charge on any atom is -0.469 e. The molecule has 0 spiro atoms. The molecule has 5 heteroatoms. The Balaban J connectivity index is 1.73. The summed E-state index contributed by atoms with van der Waals surface area (Å²) in [6, 6.07) is 0.669. The van der Waals surface area contributed by atoms with E-state index in [1.807, 2.05) is 0 Å². The van der Waals surface area contributed by atoms with Crippen molar-refractivity contribution >= 4 is 5.97 Å². The summed E-state index contributed by atoms with van der Waals surface area (Å²) in [6.07, 6.45) is 2.58. The molecular weight excluding hydrogens is 278 g/mol. The second kappa shape index (κ2) is 7.75. The highest BCUT2D eigenvalue weighted by molar-refractivity contribution is 5.68. The van der Waals surface area contributed by atoms with Gasteiger partial charge in [0.1, 0.15) is 0 Å². The molecule has 2 rings (SSSR count). The van der Waals surface area contributed by atoms with Gasteiger partial charge in [0.2, 0.25) is 0 Å². The SMILES string of the molecule is COC(=O)CCCCN1CCN2CCN(C(C)(C)C)CC2C1. The van der Waals surface area contributed by atoms with Gasteiger partial charge in [-0.05, 0) is 40.2 Å². The number of hydrogen-bond acceptors (Lipinski definition) is 5. The molecule has 22 heavy (non-hydrogen) atoms. The van der Waals surface area contributed by atoms with Crippen LogP contribution in [0.2, 0.25) is 0 Å². The minimum absolute atomic E-state index is 0.0853. The van der Waals surface area contributed by atoms with Gasteiger partial charge >= 0.3 is 5.97 Å². The Morgan fingerprint density at radius 1 is 1.09 bits per heavy atom. The maximum atomic E-state index is 11.1. The quantitative estimate of drug-likeness (QED) is 0.567. The van der Waals surface area contributed by atoms with E-state index in [-0.39, 0.29) is 11.5 Å². The predicted octanol–water partition coefficient (Wildman–Crippen LogP) is 1.43. The van der Waals surface area contributed by atoms with Gasteiger partial charge in [0.15, 0.2) is 0 Å². The lowest BCUT2D eigenvalue weighted by atomic mass is 10.0. The van der Waals surface area contributed by atoms with Crippen molar-refractivity contribution < 1.29 is 9.53 Å². The summed E-state index contributed by atoms with van der Waals surface area (Å²) in [5, 5.41) is 0. The third kappa shape index (κ3) is 4.93. The second-order valence-corrected chi connectivity index (χ2v) is 7.64. The Kier molecular flexibility index (Phi) is 6.24. The molecule has 0 aromatic heterocycles. The molecule has 128 valence electrons. The Labute approximate surface area is 135 Å². The van der Waals surface area contributed by atoms with Crippen molar-refractivity contribution in [3.8, 4) is 0 Å². The van der Waals surface area contributed by atoms with Crippen LogP contribution in [0.4, 0.5) is 0 Å². The van der Waals surface area contributed by atoms with Gasteiger partial charge in [-0.3, -0.25) is 14.6 Å². The Morgan fingerprint density at radius 2 is 1.82 bits per heavy atom. The number of piperazine rings is 2. The molecule has 0 aromatic carbocycles. The van der Waals surface area contributed by atoms with Crippen molar-refractivity contribution in [1.29, 1.82) is 0 Å². The summed E-state index contributed by atoms with van der Waals surface area (Å²) < 4.78 is 4.69. The average Bonchev–Trinajstić information content (AvgIpc) is 2.49. The van der Waals surface area contributed by atoms with Crippen LogP contribution in [0.25, 0.3) is 0 Å². The Bertz CT molecular complexity index is 367. The van der Waals surface area contributed by atoms with Crippen molar-refractivity contribution in [2.45, 2.75) is 51.6 Å². The molecule has 2 aliphatic heterocycles. The summed E-state index contributed by atoms with van der Waals surface area (Å²) in [6.45, 7) is 15.2. The summed E-state index contributed by atoms with van der Waals surface area (Å²) in [5.74, 6) is -0.0853. The fourth-order valence-corrected chi connectivity index (χ4v) is 3.54. The molecule has 1 atom stereocenters. The number of unbranched alkanes of at least 4 members (excludes halogenated alkanes) is 1. The molecule has 0 amide bonds. The van der Waals surface area contributed by atoms with Crippen LogP contribution in [0.5, 0.6) is 0 Å². The van der Waals surface area contributed by atoms with E-state index in [9.17, 15) is 4.79 Å². The van der Waals surface area contributed by atoms with Gasteiger partial charge < -0.3 is 9.64 Å². The fraction of sp³-hybridized carbons (Fsp3) is 0.941. The van der Waals surface area contributed by atoms with Crippen LogP contribution < -0.4 is 0 Å². The monoisotopic (exact) mass is 311 g/mol. The van der Waals surface area contributed by atoms with Gasteiger partial charge in [0.05, 0.1) is 7.11 Å². The topological polar surface area (TPSA) is 36.0 Å². The number of ether oxygens (including phenoxy) is 1. The molecule has 1 unspecified atom stereocenters. The number of nitrogens with zero attached hydrogens (tertiary/aromatic N) is 3. The van der Waals surface area contributed by atoms with E-state index in [0.29, 0.717) is 12.5 Å². The molecule has 0 N–H and O–H groups in total. The average molecular weight is 311 g/mol. The standard InChI is InChI=1S/C17H33N3O2/c1-17(2,3)20-12-11-19-10-9-18(13-15(19)14-20)8-6-5-7-16(21)22-4/h15H,5-14H2,1-4H3. The second-order valence-electron chi connectivity index (χ2n) is 7.64. The Morgan fingerprint density at radius 3 is 2.50 bits per heavy atom. The van der Waals surface area contributed by atoms with E-state index in [2.05, 4.69) is 35.5 Å². The molecule has 0 saturated carbocycles. The van der Waals surface area contributed by atoms with Crippen LogP contribution in [0, 0.1) is 0 Å². The number of carbonyl (C=O) groups is 1. The van der Waals surface area contributed by atoms with Gasteiger partial charge in [0.25, 0.3) is 0 Å². The van der Waals surface area contributed by atoms with Crippen LogP contribution in [0.3, 0.4) is 0 Å². The number of hydrogen-bond donors (Lipinski definition) is 0. The third-order valence-corrected chi connectivity index (χ3v) is 5.06. The molecule has 2 aliphatic rings. The van der Waals surface area contributed by atoms with Crippen molar-refractivity contribution in [3.63, 3.8) is 0 Å². The van der Waals surface area contributed by atoms with Crippen molar-refractivity contribution in [1.82, 2.24) is 14.7 Å². The van der Waals surface area contributed by atoms with Crippen molar-refractivity contribution in [2.75, 3.05) is 52.9 Å². The van der Waals surface area contributed by atoms with E-state index < -0.39 is 0 Å². The summed E-state index contributed by atoms with van der Waals surface area (Å²) in [5.41, 5.74) is 0.273. The number of methoxy groups -OCH3 is 1. The maximum absolute atomic E-state index is 11.1. The number of carbonyl (C=O) groups excluding carboxylic acids is 1. The van der Waals surface area contributed by atoms with Gasteiger partial charge in [-0.2, -0.15) is 0 Å². The fourth-order valence-electron chi connectivity index (χ4n) is 3.54. The van der Waals surface area contributed by atoms with Crippen molar-refractivity contribution in [3.05, 3.63) is 0 Å². The van der Waals surface area contributed by atoms with Crippen molar-refractivity contribution in [2.24, 2.45) is 0 Å². The van der Waals surface area contributed by atoms with Crippen LogP contribution in [0.15, 0.2) is 0 Å². The summed E-state index contributed by atoms with van der Waals surface area (Å²) >= 11 is 0. The summed E-state index contributed by atoms with van der Waals surface area (Å²) in [7, 11) is 1.46. The van der Waals surface area contributed by atoms with Gasteiger partial charge in [-0.25, -0.2) is 0 Å². The zero-order valence-electron chi connectivity index (χ0n) is 14.8. The van der Waals surface area contributed by atoms with Crippen LogP contribution >= 0.6 is 0 Å². The predicted molar refractivity (Wildman–Crippen MR) is 89.0 cm³/mol. The molecule has 0 radical (unpaired) electrons. The van der Waals surface area contributed by atoms with Crippen LogP contribution in [0.1, 0.15) is 40.0 Å². The molecular formula is C17H33N3O2. The summed E-state index contributed by atoms with van der Waals surface area (Å²) in [4.78, 5) is 19.0. The zero-order valence-corrected chi connectivity index (χ0v) is 14.8. The maximum Gasteiger partial charge on any atom is 0.305 e. The molecule has 2 heterocycles. The third-order valence-electron chi connectivity index (χ3n) is 5.06. The highest BCUT2D eigenvalue weighted by Crippen LogP contribution is 2.22. The molecule has 0 aliphatic carbocycles. The smallest absolute Gasteiger partial charge is 0.305 e. The number of esters is 1. The first kappa shape index (κ1) is 17.7. The Hall–Kier alpha value is -0.650. The highest BCUT2D eigenvalue weighted by Gasteiger charge is 2.35. The normalized spacial score (nSPS) is 25.0. The molecule has 0 bridgehead atoms. The van der Waals surface area contributed by atoms with E-state index >= 15 is 0 Å². The zero-order chi connectivity index (χ0) is 16.2. The molecule has 2 saturated heterocycles. The first-order chi connectivity index (χ1) is 10.4. The molecule has 0 aromatic rings. The van der Waals surface area contributed by atoms with Crippen LogP contribution in [-0.4, -0.2) is 85.2 Å². The highest BCUT2D eigenvalue weighted by atomic mass is 16.5. The van der Waals surface area contributed by atoms with E-state index in [1.54, 1.807) is 0 Å². The number of rotatable bonds is 5. The lowest BCUT2D eigenvalue weighted by molar-refractivity contribution is -0.140. The van der Waals surface area contributed by atoms with Gasteiger partial charge in [-0.1, -0.05) is 0 Å². The molecule has 2 fully saturated rings. The number of fused-ring (bicyclic) bond motifs is 1. The molecule has 5 nitrogen and oxygen atoms in total.